The first-order chi connectivity index (χ1) is 9.74. The molecular weight excluding hydrogens is 272 g/mol. The van der Waals surface area contributed by atoms with Gasteiger partial charge < -0.3 is 0 Å². The summed E-state index contributed by atoms with van der Waals surface area (Å²) in [6, 6.07) is 11.2. The summed E-state index contributed by atoms with van der Waals surface area (Å²) in [6.45, 7) is 1.90. The van der Waals surface area contributed by atoms with Gasteiger partial charge in [0.15, 0.2) is 0 Å². The highest BCUT2D eigenvalue weighted by molar-refractivity contribution is 7.99. The highest BCUT2D eigenvalue weighted by Gasteiger charge is 2.01. The van der Waals surface area contributed by atoms with Gasteiger partial charge in [-0.25, -0.2) is 10.4 Å². The fraction of sp³-hybridized carbons (Fsp3) is 0.143. The lowest BCUT2D eigenvalue weighted by molar-refractivity contribution is -0.118. The van der Waals surface area contributed by atoms with Crippen LogP contribution < -0.4 is 5.43 Å². The molecule has 102 valence electrons. The molecule has 2 rings (SSSR count). The number of carbonyl (C=O) groups excluding carboxylic acids is 1. The van der Waals surface area contributed by atoms with Gasteiger partial charge in [0.2, 0.25) is 5.91 Å². The number of hydrogen-bond donors (Lipinski definition) is 1. The van der Waals surface area contributed by atoms with E-state index in [1.54, 1.807) is 6.20 Å². The first-order valence-corrected chi connectivity index (χ1v) is 7.02. The average Bonchev–Trinajstić information content (AvgIpc) is 2.46. The molecule has 1 amide bonds. The normalized spacial score (nSPS) is 10.7. The summed E-state index contributed by atoms with van der Waals surface area (Å²) in [5.41, 5.74) is 4.08. The Morgan fingerprint density at radius 1 is 1.35 bits per heavy atom. The Morgan fingerprint density at radius 2 is 2.25 bits per heavy atom. The quantitative estimate of drug-likeness (QED) is 0.519. The summed E-state index contributed by atoms with van der Waals surface area (Å²) in [7, 11) is 0. The number of hydrazone groups is 1. The zero-order chi connectivity index (χ0) is 14.2. The third kappa shape index (κ3) is 4.81. The van der Waals surface area contributed by atoms with E-state index in [2.05, 4.69) is 20.5 Å². The maximum Gasteiger partial charge on any atom is 0.250 e. The smallest absolute Gasteiger partial charge is 0.250 e. The molecule has 0 aliphatic heterocycles. The van der Waals surface area contributed by atoms with Crippen LogP contribution in [0.3, 0.4) is 0 Å². The maximum absolute atomic E-state index is 11.6. The van der Waals surface area contributed by atoms with E-state index in [4.69, 9.17) is 0 Å². The number of rotatable bonds is 5. The van der Waals surface area contributed by atoms with Gasteiger partial charge in [-0.1, -0.05) is 23.9 Å². The highest BCUT2D eigenvalue weighted by Crippen LogP contribution is 2.12. The molecule has 0 bridgehead atoms. The molecule has 1 N–H and O–H groups in total. The van der Waals surface area contributed by atoms with E-state index in [0.29, 0.717) is 5.69 Å². The molecule has 20 heavy (non-hydrogen) atoms. The Labute approximate surface area is 121 Å². The van der Waals surface area contributed by atoms with Gasteiger partial charge in [-0.05, 0) is 31.2 Å². The van der Waals surface area contributed by atoms with Crippen LogP contribution in [-0.2, 0) is 4.79 Å². The van der Waals surface area contributed by atoms with Gasteiger partial charge in [-0.2, -0.15) is 5.10 Å². The fourth-order valence-electron chi connectivity index (χ4n) is 1.41. The summed E-state index contributed by atoms with van der Waals surface area (Å²) in [5.74, 6) is 0.0971. The first kappa shape index (κ1) is 14.2. The molecule has 0 aliphatic carbocycles. The minimum Gasteiger partial charge on any atom is -0.272 e. The second-order valence-electron chi connectivity index (χ2n) is 3.95. The lowest BCUT2D eigenvalue weighted by Gasteiger charge is -1.99. The van der Waals surface area contributed by atoms with Crippen LogP contribution in [0.5, 0.6) is 0 Å². The van der Waals surface area contributed by atoms with Gasteiger partial charge in [0.25, 0.3) is 0 Å². The second kappa shape index (κ2) is 7.40. The summed E-state index contributed by atoms with van der Waals surface area (Å²) in [4.78, 5) is 20.0. The van der Waals surface area contributed by atoms with Gasteiger partial charge in [0.05, 0.1) is 22.7 Å². The molecule has 0 aliphatic rings. The van der Waals surface area contributed by atoms with Crippen molar-refractivity contribution in [2.75, 3.05) is 5.75 Å². The minimum atomic E-state index is -0.176. The van der Waals surface area contributed by atoms with E-state index >= 15 is 0 Å². The average molecular weight is 286 g/mol. The molecule has 0 atom stereocenters. The van der Waals surface area contributed by atoms with Crippen LogP contribution in [0.2, 0.25) is 0 Å². The third-order valence-electron chi connectivity index (χ3n) is 2.28. The zero-order valence-corrected chi connectivity index (χ0v) is 11.8. The standard InChI is InChI=1S/C14H14N4OS/c1-11-5-4-6-12(17-11)9-16-18-13(19)10-20-14-7-2-3-8-15-14/h2-9H,10H2,1H3,(H,18,19). The predicted octanol–water partition coefficient (Wildman–Crippen LogP) is 2.03. The van der Waals surface area contributed by atoms with Crippen molar-refractivity contribution >= 4 is 23.9 Å². The van der Waals surface area contributed by atoms with Gasteiger partial charge in [0.1, 0.15) is 0 Å². The Balaban J connectivity index is 1.78. The van der Waals surface area contributed by atoms with E-state index in [1.165, 1.54) is 18.0 Å². The van der Waals surface area contributed by atoms with Gasteiger partial charge in [-0.15, -0.1) is 0 Å². The topological polar surface area (TPSA) is 67.2 Å². The maximum atomic E-state index is 11.6. The van der Waals surface area contributed by atoms with Crippen LogP contribution in [0.1, 0.15) is 11.4 Å². The Morgan fingerprint density at radius 3 is 3.00 bits per heavy atom. The summed E-state index contributed by atoms with van der Waals surface area (Å²) in [5, 5.41) is 4.69. The minimum absolute atomic E-state index is 0.176. The molecule has 0 spiro atoms. The van der Waals surface area contributed by atoms with Crippen molar-refractivity contribution in [3.63, 3.8) is 0 Å². The van der Waals surface area contributed by atoms with Crippen molar-refractivity contribution in [2.24, 2.45) is 5.10 Å². The number of aryl methyl sites for hydroxylation is 1. The van der Waals surface area contributed by atoms with Crippen molar-refractivity contribution in [1.82, 2.24) is 15.4 Å². The molecule has 6 heteroatoms. The molecule has 2 aromatic heterocycles. The monoisotopic (exact) mass is 286 g/mol. The lowest BCUT2D eigenvalue weighted by Crippen LogP contribution is -2.19. The zero-order valence-electron chi connectivity index (χ0n) is 11.0. The number of nitrogens with one attached hydrogen (secondary N) is 1. The van der Waals surface area contributed by atoms with E-state index < -0.39 is 0 Å². The molecule has 5 nitrogen and oxygen atoms in total. The summed E-state index contributed by atoms with van der Waals surface area (Å²) >= 11 is 1.36. The van der Waals surface area contributed by atoms with Crippen molar-refractivity contribution in [2.45, 2.75) is 11.9 Å². The molecule has 0 fully saturated rings. The van der Waals surface area contributed by atoms with Gasteiger partial charge in [0, 0.05) is 11.9 Å². The van der Waals surface area contributed by atoms with E-state index in [9.17, 15) is 4.79 Å². The molecule has 0 saturated heterocycles. The van der Waals surface area contributed by atoms with Crippen molar-refractivity contribution in [3.8, 4) is 0 Å². The van der Waals surface area contributed by atoms with E-state index in [0.717, 1.165) is 10.7 Å². The van der Waals surface area contributed by atoms with Gasteiger partial charge in [-0.3, -0.25) is 9.78 Å². The highest BCUT2D eigenvalue weighted by atomic mass is 32.2. The fourth-order valence-corrected chi connectivity index (χ4v) is 2.06. The van der Waals surface area contributed by atoms with Crippen molar-refractivity contribution < 1.29 is 4.79 Å². The number of hydrogen-bond acceptors (Lipinski definition) is 5. The Hall–Kier alpha value is -2.21. The summed E-state index contributed by atoms with van der Waals surface area (Å²) < 4.78 is 0. The SMILES string of the molecule is Cc1cccc(C=NNC(=O)CSc2ccccn2)n1. The molecular formula is C14H14N4OS. The number of thioether (sulfide) groups is 1. The van der Waals surface area contributed by atoms with Crippen LogP contribution in [0, 0.1) is 6.92 Å². The summed E-state index contributed by atoms with van der Waals surface area (Å²) in [6.07, 6.45) is 3.22. The van der Waals surface area contributed by atoms with Crippen LogP contribution >= 0.6 is 11.8 Å². The van der Waals surface area contributed by atoms with E-state index in [-0.39, 0.29) is 11.7 Å². The Kier molecular flexibility index (Phi) is 5.25. The molecule has 0 unspecified atom stereocenters. The van der Waals surface area contributed by atoms with Crippen molar-refractivity contribution in [1.29, 1.82) is 0 Å². The Bertz CT molecular complexity index is 601. The molecule has 0 radical (unpaired) electrons. The van der Waals surface area contributed by atoms with Crippen molar-refractivity contribution in [3.05, 3.63) is 54.0 Å². The van der Waals surface area contributed by atoms with Crippen LogP contribution in [0.15, 0.2) is 52.7 Å². The van der Waals surface area contributed by atoms with Gasteiger partial charge >= 0.3 is 0 Å². The number of pyridine rings is 2. The van der Waals surface area contributed by atoms with Crippen LogP contribution in [-0.4, -0.2) is 27.8 Å². The molecule has 2 aromatic rings. The second-order valence-corrected chi connectivity index (χ2v) is 4.95. The number of amides is 1. The van der Waals surface area contributed by atoms with Crippen LogP contribution in [0.4, 0.5) is 0 Å². The van der Waals surface area contributed by atoms with E-state index in [1.807, 2.05) is 43.3 Å². The molecule has 0 aromatic carbocycles. The number of nitrogens with zero attached hydrogens (tertiary/aromatic N) is 3. The number of carbonyl (C=O) groups is 1. The molecule has 0 saturated carbocycles. The lowest BCUT2D eigenvalue weighted by atomic mass is 10.3. The largest absolute Gasteiger partial charge is 0.272 e. The first-order valence-electron chi connectivity index (χ1n) is 6.03. The molecule has 2 heterocycles. The predicted molar refractivity (Wildman–Crippen MR) is 79.7 cm³/mol. The van der Waals surface area contributed by atoms with Crippen LogP contribution in [0.25, 0.3) is 0 Å². The third-order valence-corrected chi connectivity index (χ3v) is 3.23. The number of aromatic nitrogens is 2.